The van der Waals surface area contributed by atoms with Gasteiger partial charge < -0.3 is 19.8 Å². The van der Waals surface area contributed by atoms with Crippen LogP contribution in [0, 0.1) is 22.0 Å². The van der Waals surface area contributed by atoms with Crippen LogP contribution in [0.25, 0.3) is 0 Å². The van der Waals surface area contributed by atoms with E-state index in [1.165, 1.54) is 12.3 Å². The second kappa shape index (κ2) is 6.72. The van der Waals surface area contributed by atoms with Crippen LogP contribution < -0.4 is 4.74 Å². The molecule has 0 spiro atoms. The number of piperidine rings is 1. The molecule has 120 valence electrons. The van der Waals surface area contributed by atoms with Gasteiger partial charge in [0.25, 0.3) is 5.91 Å². The van der Waals surface area contributed by atoms with Gasteiger partial charge in [-0.15, -0.1) is 0 Å². The van der Waals surface area contributed by atoms with E-state index < -0.39 is 11.0 Å². The van der Waals surface area contributed by atoms with Crippen LogP contribution >= 0.6 is 0 Å². The summed E-state index contributed by atoms with van der Waals surface area (Å²) in [6, 6.07) is 3.00. The van der Waals surface area contributed by atoms with Gasteiger partial charge in [0.1, 0.15) is 6.20 Å². The number of hydrogen-bond donors (Lipinski definition) is 0. The third-order valence-corrected chi connectivity index (χ3v) is 3.76. The summed E-state index contributed by atoms with van der Waals surface area (Å²) < 4.78 is 5.50. The fraction of sp³-hybridized carbons (Fsp3) is 0.600. The van der Waals surface area contributed by atoms with E-state index in [1.807, 2.05) is 0 Å². The van der Waals surface area contributed by atoms with E-state index in [1.54, 1.807) is 17.9 Å². The highest BCUT2D eigenvalue weighted by atomic mass is 16.6. The van der Waals surface area contributed by atoms with E-state index in [-0.39, 0.29) is 17.5 Å². The van der Waals surface area contributed by atoms with Crippen LogP contribution in [-0.2, 0) is 4.79 Å². The Morgan fingerprint density at radius 3 is 2.68 bits per heavy atom. The van der Waals surface area contributed by atoms with Crippen LogP contribution in [0.4, 0.5) is 5.82 Å². The van der Waals surface area contributed by atoms with Crippen molar-refractivity contribution in [3.63, 3.8) is 0 Å². The zero-order chi connectivity index (χ0) is 16.3. The highest BCUT2D eigenvalue weighted by Gasteiger charge is 2.30. The second-order valence-corrected chi connectivity index (χ2v) is 6.03. The van der Waals surface area contributed by atoms with Crippen LogP contribution in [0.15, 0.2) is 18.3 Å². The van der Waals surface area contributed by atoms with Gasteiger partial charge in [0, 0.05) is 13.1 Å². The molecule has 22 heavy (non-hydrogen) atoms. The van der Waals surface area contributed by atoms with E-state index in [0.29, 0.717) is 24.9 Å². The average molecular weight is 307 g/mol. The number of hydrogen-bond acceptors (Lipinski definition) is 5. The van der Waals surface area contributed by atoms with Gasteiger partial charge >= 0.3 is 5.82 Å². The van der Waals surface area contributed by atoms with E-state index in [0.717, 1.165) is 6.42 Å². The van der Waals surface area contributed by atoms with Crippen LogP contribution in [-0.4, -0.2) is 39.9 Å². The maximum absolute atomic E-state index is 12.5. The number of nitro groups is 1. The van der Waals surface area contributed by atoms with Crippen molar-refractivity contribution >= 4 is 11.7 Å². The largest absolute Gasteiger partial charge is 0.473 e. The Labute approximate surface area is 129 Å². The zero-order valence-corrected chi connectivity index (χ0v) is 13.1. The second-order valence-electron chi connectivity index (χ2n) is 6.03. The lowest BCUT2D eigenvalue weighted by Gasteiger charge is -2.36. The molecule has 2 rings (SSSR count). The molecule has 1 aromatic rings. The Balaban J connectivity index is 2.07. The number of carbonyl (C=O) groups is 1. The molecule has 0 unspecified atom stereocenters. The third kappa shape index (κ3) is 3.72. The molecule has 7 heteroatoms. The number of rotatable bonds is 4. The number of likely N-dealkylation sites (tertiary alicyclic amines) is 1. The molecule has 7 nitrogen and oxygen atoms in total. The number of amides is 1. The molecule has 1 amide bonds. The van der Waals surface area contributed by atoms with E-state index in [4.69, 9.17) is 4.74 Å². The Hall–Kier alpha value is -2.18. The molecule has 0 aromatic carbocycles. The summed E-state index contributed by atoms with van der Waals surface area (Å²) in [7, 11) is 0. The minimum Gasteiger partial charge on any atom is -0.473 e. The number of ether oxygens (including phenoxy) is 1. The van der Waals surface area contributed by atoms with Crippen LogP contribution in [0.2, 0.25) is 0 Å². The van der Waals surface area contributed by atoms with Crippen molar-refractivity contribution < 1.29 is 14.5 Å². The van der Waals surface area contributed by atoms with Crippen molar-refractivity contribution in [3.05, 3.63) is 28.4 Å². The molecular weight excluding hydrogens is 286 g/mol. The quantitative estimate of drug-likeness (QED) is 0.629. The number of nitrogens with zero attached hydrogens (tertiary/aromatic N) is 3. The topological polar surface area (TPSA) is 85.6 Å². The van der Waals surface area contributed by atoms with Gasteiger partial charge in [-0.05, 0) is 47.2 Å². The first kappa shape index (κ1) is 16.2. The molecule has 1 fully saturated rings. The van der Waals surface area contributed by atoms with Crippen molar-refractivity contribution in [2.24, 2.45) is 11.8 Å². The summed E-state index contributed by atoms with van der Waals surface area (Å²) in [5.74, 6) is 0.408. The molecule has 2 heterocycles. The van der Waals surface area contributed by atoms with Crippen molar-refractivity contribution in [1.82, 2.24) is 9.88 Å². The maximum Gasteiger partial charge on any atom is 0.406 e. The first-order valence-electron chi connectivity index (χ1n) is 7.43. The van der Waals surface area contributed by atoms with Gasteiger partial charge in [-0.3, -0.25) is 4.79 Å². The van der Waals surface area contributed by atoms with E-state index >= 15 is 0 Å². The molecular formula is C15H21N3O4. The minimum atomic E-state index is -0.777. The predicted molar refractivity (Wildman–Crippen MR) is 80.5 cm³/mol. The molecule has 1 saturated heterocycles. The zero-order valence-electron chi connectivity index (χ0n) is 13.1. The maximum atomic E-state index is 12.5. The SMILES string of the molecule is C[C@@H]1C[C@H](C)CN(C(=O)[C@H](C)Oc2cccnc2[N+](=O)[O-])C1. The summed E-state index contributed by atoms with van der Waals surface area (Å²) in [6.07, 6.45) is 1.65. The van der Waals surface area contributed by atoms with Crippen molar-refractivity contribution in [1.29, 1.82) is 0 Å². The van der Waals surface area contributed by atoms with E-state index in [9.17, 15) is 14.9 Å². The Morgan fingerprint density at radius 2 is 2.09 bits per heavy atom. The lowest BCUT2D eigenvalue weighted by Crippen LogP contribution is -2.47. The summed E-state index contributed by atoms with van der Waals surface area (Å²) in [4.78, 5) is 28.3. The smallest absolute Gasteiger partial charge is 0.406 e. The highest BCUT2D eigenvalue weighted by molar-refractivity contribution is 5.81. The summed E-state index contributed by atoms with van der Waals surface area (Å²) in [6.45, 7) is 7.25. The molecule has 1 aromatic heterocycles. The minimum absolute atomic E-state index is 0.0199. The Morgan fingerprint density at radius 1 is 1.45 bits per heavy atom. The summed E-state index contributed by atoms with van der Waals surface area (Å²) in [5.41, 5.74) is 0. The summed E-state index contributed by atoms with van der Waals surface area (Å²) >= 11 is 0. The van der Waals surface area contributed by atoms with Gasteiger partial charge in [-0.2, -0.15) is 0 Å². The average Bonchev–Trinajstić information content (AvgIpc) is 2.45. The Kier molecular flexibility index (Phi) is 4.95. The van der Waals surface area contributed by atoms with Gasteiger partial charge in [0.15, 0.2) is 6.10 Å². The fourth-order valence-electron chi connectivity index (χ4n) is 2.95. The molecule has 0 bridgehead atoms. The number of aromatic nitrogens is 1. The van der Waals surface area contributed by atoms with Crippen LogP contribution in [0.1, 0.15) is 27.2 Å². The molecule has 0 aliphatic carbocycles. The van der Waals surface area contributed by atoms with Crippen molar-refractivity contribution in [3.8, 4) is 5.75 Å². The van der Waals surface area contributed by atoms with Crippen LogP contribution in [0.5, 0.6) is 5.75 Å². The highest BCUT2D eigenvalue weighted by Crippen LogP contribution is 2.26. The molecule has 0 saturated carbocycles. The number of carbonyl (C=O) groups excluding carboxylic acids is 1. The first-order chi connectivity index (χ1) is 10.4. The molecule has 1 aliphatic heterocycles. The Bertz CT molecular complexity index is 553. The third-order valence-electron chi connectivity index (χ3n) is 3.76. The number of pyridine rings is 1. The van der Waals surface area contributed by atoms with Crippen molar-refractivity contribution in [2.75, 3.05) is 13.1 Å². The molecule has 1 aliphatic rings. The lowest BCUT2D eigenvalue weighted by atomic mass is 9.91. The normalized spacial score (nSPS) is 23.0. The first-order valence-corrected chi connectivity index (χ1v) is 7.43. The molecule has 0 radical (unpaired) electrons. The lowest BCUT2D eigenvalue weighted by molar-refractivity contribution is -0.390. The van der Waals surface area contributed by atoms with Crippen molar-refractivity contribution in [2.45, 2.75) is 33.3 Å². The van der Waals surface area contributed by atoms with E-state index in [2.05, 4.69) is 18.8 Å². The van der Waals surface area contributed by atoms with Crippen LogP contribution in [0.3, 0.4) is 0 Å². The molecule has 3 atom stereocenters. The fourth-order valence-corrected chi connectivity index (χ4v) is 2.95. The monoisotopic (exact) mass is 307 g/mol. The molecule has 0 N–H and O–H groups in total. The van der Waals surface area contributed by atoms with Gasteiger partial charge in [0.2, 0.25) is 5.75 Å². The standard InChI is InChI=1S/C15H21N3O4/c1-10-7-11(2)9-17(8-10)15(19)12(3)22-13-5-4-6-16-14(13)18(20)21/h4-6,10-12H,7-9H2,1-3H3/t10-,11+,12-/m0/s1. The van der Waals surface area contributed by atoms with Gasteiger partial charge in [0.05, 0.1) is 0 Å². The van der Waals surface area contributed by atoms with Gasteiger partial charge in [-0.25, -0.2) is 0 Å². The predicted octanol–water partition coefficient (Wildman–Crippen LogP) is 2.26. The summed E-state index contributed by atoms with van der Waals surface area (Å²) in [5, 5.41) is 10.9. The van der Waals surface area contributed by atoms with Gasteiger partial charge in [-0.1, -0.05) is 13.8 Å².